The summed E-state index contributed by atoms with van der Waals surface area (Å²) in [4.78, 5) is 18.7. The zero-order valence-corrected chi connectivity index (χ0v) is 20.8. The molecule has 0 saturated heterocycles. The molecule has 0 aliphatic rings. The molecule has 1 N–H and O–H groups in total. The molecular formula is C28H27N5OS. The van der Waals surface area contributed by atoms with Crippen LogP contribution in [0.1, 0.15) is 32.7 Å². The molecule has 0 atom stereocenters. The number of hydrogen-bond donors (Lipinski definition) is 1. The molecule has 7 heteroatoms. The molecule has 5 aromatic rings. The van der Waals surface area contributed by atoms with Gasteiger partial charge in [-0.3, -0.25) is 4.79 Å². The van der Waals surface area contributed by atoms with Crippen LogP contribution in [-0.2, 0) is 13.1 Å². The number of aromatic nitrogens is 4. The lowest BCUT2D eigenvalue weighted by Gasteiger charge is -2.08. The molecule has 3 aromatic heterocycles. The maximum Gasteiger partial charge on any atom is 0.251 e. The molecule has 1 amide bonds. The minimum absolute atomic E-state index is 0.0853. The average Bonchev–Trinajstić information content (AvgIpc) is 3.52. The van der Waals surface area contributed by atoms with Gasteiger partial charge in [-0.15, -0.1) is 11.8 Å². The summed E-state index contributed by atoms with van der Waals surface area (Å²) in [7, 11) is 0. The molecule has 0 aliphatic heterocycles. The second-order valence-corrected chi connectivity index (χ2v) is 9.46. The smallest absolute Gasteiger partial charge is 0.251 e. The fourth-order valence-corrected chi connectivity index (χ4v) is 4.63. The summed E-state index contributed by atoms with van der Waals surface area (Å²) >= 11 is 1.70. The predicted octanol–water partition coefficient (Wildman–Crippen LogP) is 5.54. The monoisotopic (exact) mass is 481 g/mol. The van der Waals surface area contributed by atoms with E-state index in [1.165, 1.54) is 4.90 Å². The Bertz CT molecular complexity index is 1470. The second kappa shape index (κ2) is 9.80. The van der Waals surface area contributed by atoms with E-state index in [9.17, 15) is 4.79 Å². The van der Waals surface area contributed by atoms with Crippen LogP contribution in [0.2, 0.25) is 0 Å². The zero-order valence-electron chi connectivity index (χ0n) is 20.0. The lowest BCUT2D eigenvalue weighted by molar-refractivity contribution is 0.0951. The van der Waals surface area contributed by atoms with E-state index in [0.29, 0.717) is 18.7 Å². The second-order valence-electron chi connectivity index (χ2n) is 8.58. The first-order valence-corrected chi connectivity index (χ1v) is 12.7. The van der Waals surface area contributed by atoms with Crippen molar-refractivity contribution in [3.63, 3.8) is 0 Å². The van der Waals surface area contributed by atoms with Gasteiger partial charge < -0.3 is 9.88 Å². The Morgan fingerprint density at radius 3 is 2.34 bits per heavy atom. The Kier molecular flexibility index (Phi) is 6.42. The van der Waals surface area contributed by atoms with Gasteiger partial charge in [0.05, 0.1) is 11.9 Å². The highest BCUT2D eigenvalue weighted by Gasteiger charge is 2.16. The average molecular weight is 482 g/mol. The molecule has 0 aliphatic carbocycles. The highest BCUT2D eigenvalue weighted by Crippen LogP contribution is 2.26. The molecule has 3 heterocycles. The Balaban J connectivity index is 1.34. The molecule has 0 bridgehead atoms. The number of benzene rings is 2. The molecule has 2 aromatic carbocycles. The van der Waals surface area contributed by atoms with Gasteiger partial charge in [0, 0.05) is 35.1 Å². The van der Waals surface area contributed by atoms with Crippen molar-refractivity contribution in [1.82, 2.24) is 24.6 Å². The maximum absolute atomic E-state index is 12.6. The molecule has 0 fully saturated rings. The maximum atomic E-state index is 12.6. The fourth-order valence-electron chi connectivity index (χ4n) is 4.22. The minimum atomic E-state index is -0.0853. The van der Waals surface area contributed by atoms with Gasteiger partial charge in [-0.1, -0.05) is 24.3 Å². The van der Waals surface area contributed by atoms with Gasteiger partial charge in [0.25, 0.3) is 5.91 Å². The van der Waals surface area contributed by atoms with Crippen LogP contribution < -0.4 is 5.32 Å². The van der Waals surface area contributed by atoms with E-state index in [0.717, 1.165) is 39.2 Å². The number of nitrogens with one attached hydrogen (secondary N) is 1. The molecule has 5 rings (SSSR count). The van der Waals surface area contributed by atoms with Crippen molar-refractivity contribution in [3.8, 4) is 5.82 Å². The Labute approximate surface area is 209 Å². The molecule has 0 saturated carbocycles. The van der Waals surface area contributed by atoms with Crippen LogP contribution in [0.15, 0.2) is 84.0 Å². The van der Waals surface area contributed by atoms with Crippen LogP contribution in [0.5, 0.6) is 0 Å². The van der Waals surface area contributed by atoms with E-state index >= 15 is 0 Å². The van der Waals surface area contributed by atoms with Crippen LogP contribution in [0.25, 0.3) is 16.9 Å². The third-order valence-corrected chi connectivity index (χ3v) is 6.76. The predicted molar refractivity (Wildman–Crippen MR) is 141 cm³/mol. The van der Waals surface area contributed by atoms with E-state index in [2.05, 4.69) is 36.7 Å². The third-order valence-electron chi connectivity index (χ3n) is 6.02. The lowest BCUT2D eigenvalue weighted by Crippen LogP contribution is -2.22. The van der Waals surface area contributed by atoms with Crippen molar-refractivity contribution < 1.29 is 4.79 Å². The number of hydrogen-bond acceptors (Lipinski definition) is 4. The number of carbonyl (C=O) groups is 1. The van der Waals surface area contributed by atoms with Gasteiger partial charge in [0.15, 0.2) is 11.5 Å². The van der Waals surface area contributed by atoms with Crippen molar-refractivity contribution in [1.29, 1.82) is 0 Å². The van der Waals surface area contributed by atoms with Crippen LogP contribution >= 0.6 is 11.8 Å². The van der Waals surface area contributed by atoms with E-state index in [1.54, 1.807) is 11.8 Å². The van der Waals surface area contributed by atoms with Gasteiger partial charge >= 0.3 is 0 Å². The molecule has 0 spiro atoms. The Hall–Kier alpha value is -3.84. The zero-order chi connectivity index (χ0) is 24.4. The van der Waals surface area contributed by atoms with Gasteiger partial charge in [0.2, 0.25) is 0 Å². The third kappa shape index (κ3) is 4.86. The first-order valence-electron chi connectivity index (χ1n) is 11.5. The molecular weight excluding hydrogens is 454 g/mol. The van der Waals surface area contributed by atoms with Crippen molar-refractivity contribution in [2.24, 2.45) is 0 Å². The Morgan fingerprint density at radius 2 is 1.66 bits per heavy atom. The summed E-state index contributed by atoms with van der Waals surface area (Å²) in [6, 6.07) is 22.0. The summed E-state index contributed by atoms with van der Waals surface area (Å²) in [6.07, 6.45) is 6.04. The quantitative estimate of drug-likeness (QED) is 0.310. The highest BCUT2D eigenvalue weighted by molar-refractivity contribution is 7.98. The van der Waals surface area contributed by atoms with E-state index in [-0.39, 0.29) is 5.91 Å². The van der Waals surface area contributed by atoms with E-state index in [1.807, 2.05) is 77.1 Å². The topological polar surface area (TPSA) is 64.7 Å². The molecule has 0 unspecified atom stereocenters. The van der Waals surface area contributed by atoms with E-state index in [4.69, 9.17) is 10.1 Å². The molecule has 6 nitrogen and oxygen atoms in total. The van der Waals surface area contributed by atoms with Crippen molar-refractivity contribution in [3.05, 3.63) is 107 Å². The summed E-state index contributed by atoms with van der Waals surface area (Å²) in [5.74, 6) is 0.786. The first-order chi connectivity index (χ1) is 17.0. The summed E-state index contributed by atoms with van der Waals surface area (Å²) in [5, 5.41) is 8.95. The number of carbonyl (C=O) groups excluding carboxylic acids is 1. The SMILES string of the molecule is CSc1ccc(CNC(=O)c2ccc(Cn3nc(-n4cccc4)c4c(C)cc(C)nc43)cc2)cc1. The van der Waals surface area contributed by atoms with Crippen LogP contribution in [0.3, 0.4) is 0 Å². The van der Waals surface area contributed by atoms with Crippen molar-refractivity contribution in [2.75, 3.05) is 6.26 Å². The normalized spacial score (nSPS) is 11.2. The standard InChI is InChI=1S/C28H27N5OS/c1-19-16-20(2)30-26-25(19)27(32-14-4-5-15-32)31-33(26)18-22-6-10-23(11-7-22)28(34)29-17-21-8-12-24(35-3)13-9-21/h4-16H,17-18H2,1-3H3,(H,29,34). The fraction of sp³-hybridized carbons (Fsp3) is 0.179. The number of pyridine rings is 1. The number of thioether (sulfide) groups is 1. The number of fused-ring (bicyclic) bond motifs is 1. The van der Waals surface area contributed by atoms with Gasteiger partial charge in [0.1, 0.15) is 0 Å². The van der Waals surface area contributed by atoms with Crippen molar-refractivity contribution in [2.45, 2.75) is 31.8 Å². The number of nitrogens with zero attached hydrogens (tertiary/aromatic N) is 4. The van der Waals surface area contributed by atoms with Crippen LogP contribution in [0.4, 0.5) is 0 Å². The van der Waals surface area contributed by atoms with Crippen molar-refractivity contribution >= 4 is 28.7 Å². The molecule has 176 valence electrons. The minimum Gasteiger partial charge on any atom is -0.348 e. The van der Waals surface area contributed by atoms with Crippen LogP contribution in [-0.4, -0.2) is 31.5 Å². The largest absolute Gasteiger partial charge is 0.348 e. The summed E-state index contributed by atoms with van der Waals surface area (Å²) in [5.41, 5.74) is 5.74. The van der Waals surface area contributed by atoms with Gasteiger partial charge in [-0.2, -0.15) is 5.10 Å². The van der Waals surface area contributed by atoms with E-state index < -0.39 is 0 Å². The summed E-state index contributed by atoms with van der Waals surface area (Å²) in [6.45, 7) is 5.17. The highest BCUT2D eigenvalue weighted by atomic mass is 32.2. The van der Waals surface area contributed by atoms with Gasteiger partial charge in [-0.05, 0) is 79.3 Å². The molecule has 35 heavy (non-hydrogen) atoms. The van der Waals surface area contributed by atoms with Crippen LogP contribution in [0, 0.1) is 13.8 Å². The number of rotatable bonds is 7. The Morgan fingerprint density at radius 1 is 0.971 bits per heavy atom. The first kappa shape index (κ1) is 22.9. The molecule has 0 radical (unpaired) electrons. The number of amides is 1. The lowest BCUT2D eigenvalue weighted by atomic mass is 10.1. The summed E-state index contributed by atoms with van der Waals surface area (Å²) < 4.78 is 3.96. The number of aryl methyl sites for hydroxylation is 2. The van der Waals surface area contributed by atoms with Gasteiger partial charge in [-0.25, -0.2) is 9.67 Å².